The number of nitrogens with zero attached hydrogens (tertiary/aromatic N) is 2. The zero-order valence-corrected chi connectivity index (χ0v) is 24.8. The predicted octanol–water partition coefficient (Wildman–Crippen LogP) is 5.25. The van der Waals surface area contributed by atoms with Crippen LogP contribution in [0.15, 0.2) is 72.8 Å². The number of nitrogens with one attached hydrogen (secondary N) is 1. The number of halogens is 2. The number of rotatable bonds is 11. The van der Waals surface area contributed by atoms with Gasteiger partial charge in [-0.25, -0.2) is 12.8 Å². The minimum absolute atomic E-state index is 0.00803. The Balaban J connectivity index is 1.73. The van der Waals surface area contributed by atoms with Gasteiger partial charge in [-0.3, -0.25) is 13.9 Å². The molecule has 4 rings (SSSR count). The van der Waals surface area contributed by atoms with Crippen molar-refractivity contribution in [1.82, 2.24) is 10.2 Å². The van der Waals surface area contributed by atoms with Crippen molar-refractivity contribution in [2.75, 3.05) is 17.1 Å². The van der Waals surface area contributed by atoms with E-state index in [1.807, 2.05) is 30.3 Å². The molecule has 0 radical (unpaired) electrons. The molecule has 0 aliphatic heterocycles. The van der Waals surface area contributed by atoms with Crippen LogP contribution in [-0.4, -0.2) is 50.0 Å². The molecule has 1 aliphatic carbocycles. The summed E-state index contributed by atoms with van der Waals surface area (Å²) in [6, 6.07) is 18.9. The van der Waals surface area contributed by atoms with Gasteiger partial charge in [0.1, 0.15) is 18.4 Å². The zero-order valence-electron chi connectivity index (χ0n) is 23.2. The molecule has 1 saturated carbocycles. The van der Waals surface area contributed by atoms with Crippen molar-refractivity contribution in [2.24, 2.45) is 0 Å². The highest BCUT2D eigenvalue weighted by Crippen LogP contribution is 2.27. The van der Waals surface area contributed by atoms with Gasteiger partial charge in [-0.1, -0.05) is 66.9 Å². The van der Waals surface area contributed by atoms with E-state index in [-0.39, 0.29) is 24.9 Å². The molecule has 1 fully saturated rings. The maximum absolute atomic E-state index is 14.1. The second-order valence-corrected chi connectivity index (χ2v) is 12.9. The molecule has 41 heavy (non-hydrogen) atoms. The van der Waals surface area contributed by atoms with Crippen molar-refractivity contribution in [3.05, 3.63) is 100 Å². The van der Waals surface area contributed by atoms with Gasteiger partial charge in [0, 0.05) is 24.0 Å². The number of carbonyl (C=O) groups is 2. The highest BCUT2D eigenvalue weighted by molar-refractivity contribution is 7.92. The Labute approximate surface area is 246 Å². The van der Waals surface area contributed by atoms with E-state index in [4.69, 9.17) is 11.6 Å². The average molecular weight is 600 g/mol. The minimum atomic E-state index is -3.89. The van der Waals surface area contributed by atoms with Gasteiger partial charge in [0.15, 0.2) is 0 Å². The van der Waals surface area contributed by atoms with Gasteiger partial charge in [0.05, 0.1) is 11.9 Å². The molecule has 218 valence electrons. The number of benzene rings is 3. The van der Waals surface area contributed by atoms with Crippen molar-refractivity contribution in [3.63, 3.8) is 0 Å². The quantitative estimate of drug-likeness (QED) is 0.326. The van der Waals surface area contributed by atoms with Crippen LogP contribution in [0.5, 0.6) is 0 Å². The zero-order chi connectivity index (χ0) is 29.6. The fourth-order valence-electron chi connectivity index (χ4n) is 5.20. The summed E-state index contributed by atoms with van der Waals surface area (Å²) < 4.78 is 40.6. The SMILES string of the molecule is Cc1cc(Cl)ccc1N(CC(=O)N(Cc1ccc(F)cc1)[C@H](Cc1ccccc1)C(=O)NC1CCCC1)S(C)(=O)=O. The van der Waals surface area contributed by atoms with E-state index >= 15 is 0 Å². The summed E-state index contributed by atoms with van der Waals surface area (Å²) in [5.41, 5.74) is 2.37. The number of amides is 2. The maximum Gasteiger partial charge on any atom is 0.244 e. The van der Waals surface area contributed by atoms with Crippen LogP contribution in [0.3, 0.4) is 0 Å². The van der Waals surface area contributed by atoms with Crippen LogP contribution in [0, 0.1) is 12.7 Å². The van der Waals surface area contributed by atoms with Gasteiger partial charge in [-0.2, -0.15) is 0 Å². The normalized spacial score (nSPS) is 14.4. The fourth-order valence-corrected chi connectivity index (χ4v) is 6.34. The first kappa shape index (κ1) is 30.5. The molecule has 0 saturated heterocycles. The lowest BCUT2D eigenvalue weighted by molar-refractivity contribution is -0.140. The van der Waals surface area contributed by atoms with Crippen LogP contribution in [0.4, 0.5) is 10.1 Å². The lowest BCUT2D eigenvalue weighted by atomic mass is 10.0. The van der Waals surface area contributed by atoms with Crippen LogP contribution in [-0.2, 0) is 32.6 Å². The Kier molecular flexibility index (Phi) is 10.0. The van der Waals surface area contributed by atoms with Gasteiger partial charge in [0.2, 0.25) is 21.8 Å². The molecule has 3 aromatic carbocycles. The largest absolute Gasteiger partial charge is 0.352 e. The molecule has 0 unspecified atom stereocenters. The molecule has 0 heterocycles. The summed E-state index contributed by atoms with van der Waals surface area (Å²) in [5, 5.41) is 3.56. The van der Waals surface area contributed by atoms with E-state index in [0.717, 1.165) is 41.8 Å². The first-order valence-electron chi connectivity index (χ1n) is 13.6. The topological polar surface area (TPSA) is 86.8 Å². The summed E-state index contributed by atoms with van der Waals surface area (Å²) in [6.07, 6.45) is 5.05. The average Bonchev–Trinajstić information content (AvgIpc) is 3.43. The molecule has 0 bridgehead atoms. The third kappa shape index (κ3) is 8.30. The third-order valence-corrected chi connectivity index (χ3v) is 8.71. The van der Waals surface area contributed by atoms with E-state index < -0.39 is 34.3 Å². The Morgan fingerprint density at radius 1 is 1.00 bits per heavy atom. The molecule has 10 heteroatoms. The highest BCUT2D eigenvalue weighted by Gasteiger charge is 2.34. The fraction of sp³-hybridized carbons (Fsp3) is 0.355. The summed E-state index contributed by atoms with van der Waals surface area (Å²) in [5.74, 6) is -1.28. The van der Waals surface area contributed by atoms with Crippen molar-refractivity contribution < 1.29 is 22.4 Å². The maximum atomic E-state index is 14.1. The standard InChI is InChI=1S/C31H35ClFN3O4S/c1-22-18-25(32)14-17-28(22)36(41(2,39)40)21-30(37)35(20-24-12-15-26(33)16-13-24)29(19-23-8-4-3-5-9-23)31(38)34-27-10-6-7-11-27/h3-5,8-9,12-18,27,29H,6-7,10-11,19-21H2,1-2H3,(H,34,38)/t29-/m1/s1. The Morgan fingerprint density at radius 2 is 1.66 bits per heavy atom. The van der Waals surface area contributed by atoms with Gasteiger partial charge >= 0.3 is 0 Å². The highest BCUT2D eigenvalue weighted by atomic mass is 35.5. The van der Waals surface area contributed by atoms with Crippen LogP contribution in [0.2, 0.25) is 5.02 Å². The second kappa shape index (κ2) is 13.5. The van der Waals surface area contributed by atoms with E-state index in [2.05, 4.69) is 5.32 Å². The molecule has 7 nitrogen and oxygen atoms in total. The Morgan fingerprint density at radius 3 is 2.27 bits per heavy atom. The Bertz CT molecular complexity index is 1460. The van der Waals surface area contributed by atoms with E-state index in [9.17, 15) is 22.4 Å². The van der Waals surface area contributed by atoms with Crippen molar-refractivity contribution in [3.8, 4) is 0 Å². The molecule has 2 amide bonds. The van der Waals surface area contributed by atoms with Gasteiger partial charge in [0.25, 0.3) is 0 Å². The number of hydrogen-bond acceptors (Lipinski definition) is 4. The summed E-state index contributed by atoms with van der Waals surface area (Å²) >= 11 is 6.10. The van der Waals surface area contributed by atoms with E-state index in [0.29, 0.717) is 21.8 Å². The summed E-state index contributed by atoms with van der Waals surface area (Å²) in [7, 11) is -3.89. The molecule has 1 aliphatic rings. The minimum Gasteiger partial charge on any atom is -0.352 e. The van der Waals surface area contributed by atoms with Crippen LogP contribution in [0.1, 0.15) is 42.4 Å². The number of carbonyl (C=O) groups excluding carboxylic acids is 2. The van der Waals surface area contributed by atoms with Gasteiger partial charge in [-0.05, 0) is 66.8 Å². The monoisotopic (exact) mass is 599 g/mol. The lowest BCUT2D eigenvalue weighted by Gasteiger charge is -2.34. The van der Waals surface area contributed by atoms with Crippen molar-refractivity contribution >= 4 is 39.1 Å². The van der Waals surface area contributed by atoms with Gasteiger partial charge in [-0.15, -0.1) is 0 Å². The summed E-state index contributed by atoms with van der Waals surface area (Å²) in [6.45, 7) is 1.18. The molecular formula is C31H35ClFN3O4S. The molecule has 0 spiro atoms. The number of aryl methyl sites for hydroxylation is 1. The first-order valence-corrected chi connectivity index (χ1v) is 15.9. The second-order valence-electron chi connectivity index (χ2n) is 10.5. The third-order valence-electron chi connectivity index (χ3n) is 7.35. The van der Waals surface area contributed by atoms with Crippen LogP contribution in [0.25, 0.3) is 0 Å². The lowest BCUT2D eigenvalue weighted by Crippen LogP contribution is -2.54. The number of anilines is 1. The summed E-state index contributed by atoms with van der Waals surface area (Å²) in [4.78, 5) is 29.4. The van der Waals surface area contributed by atoms with Crippen LogP contribution >= 0.6 is 11.6 Å². The molecule has 0 aromatic heterocycles. The van der Waals surface area contributed by atoms with E-state index in [1.54, 1.807) is 37.3 Å². The van der Waals surface area contributed by atoms with Crippen molar-refractivity contribution in [2.45, 2.75) is 57.7 Å². The smallest absolute Gasteiger partial charge is 0.244 e. The van der Waals surface area contributed by atoms with Crippen LogP contribution < -0.4 is 9.62 Å². The van der Waals surface area contributed by atoms with Gasteiger partial charge < -0.3 is 10.2 Å². The Hall–Kier alpha value is -3.43. The molecular weight excluding hydrogens is 565 g/mol. The predicted molar refractivity (Wildman–Crippen MR) is 160 cm³/mol. The van der Waals surface area contributed by atoms with Crippen molar-refractivity contribution in [1.29, 1.82) is 0 Å². The molecule has 3 aromatic rings. The molecule has 1 atom stereocenters. The number of hydrogen-bond donors (Lipinski definition) is 1. The van der Waals surface area contributed by atoms with E-state index in [1.165, 1.54) is 17.0 Å². The number of sulfonamides is 1. The first-order chi connectivity index (χ1) is 19.5. The molecule has 1 N–H and O–H groups in total.